The van der Waals surface area contributed by atoms with Crippen LogP contribution in [-0.2, 0) is 24.7 Å². The zero-order valence-corrected chi connectivity index (χ0v) is 11.0. The first-order valence-corrected chi connectivity index (χ1v) is 6.53. The molecule has 98 valence electrons. The van der Waals surface area contributed by atoms with Crippen LogP contribution in [-0.4, -0.2) is 21.6 Å². The Labute approximate surface area is 112 Å². The van der Waals surface area contributed by atoms with Crippen molar-refractivity contribution in [3.8, 4) is 11.1 Å². The molecule has 1 atom stereocenters. The van der Waals surface area contributed by atoms with Gasteiger partial charge in [-0.25, -0.2) is 0 Å². The summed E-state index contributed by atoms with van der Waals surface area (Å²) >= 11 is 0. The molecule has 0 bridgehead atoms. The molecule has 2 N–H and O–H groups in total. The molecule has 0 aliphatic heterocycles. The number of aromatic nitrogens is 2. The molecule has 4 nitrogen and oxygen atoms in total. The van der Waals surface area contributed by atoms with Gasteiger partial charge in [-0.3, -0.25) is 9.48 Å². The molecule has 1 aromatic heterocycles. The van der Waals surface area contributed by atoms with Crippen LogP contribution in [0.25, 0.3) is 11.1 Å². The molecule has 0 radical (unpaired) electrons. The number of benzene rings is 1. The maximum Gasteiger partial charge on any atom is 0.153 e. The monoisotopic (exact) mass is 255 g/mol. The molecular weight excluding hydrogens is 238 g/mol. The van der Waals surface area contributed by atoms with Crippen molar-refractivity contribution in [2.75, 3.05) is 0 Å². The Morgan fingerprint density at radius 2 is 2.26 bits per heavy atom. The van der Waals surface area contributed by atoms with E-state index in [9.17, 15) is 4.79 Å². The van der Waals surface area contributed by atoms with E-state index in [4.69, 9.17) is 5.73 Å². The second-order valence-electron chi connectivity index (χ2n) is 5.13. The van der Waals surface area contributed by atoms with Crippen molar-refractivity contribution in [3.05, 3.63) is 41.7 Å². The summed E-state index contributed by atoms with van der Waals surface area (Å²) in [6, 6.07) is 5.81. The van der Waals surface area contributed by atoms with E-state index >= 15 is 0 Å². The van der Waals surface area contributed by atoms with Gasteiger partial charge in [0.25, 0.3) is 0 Å². The summed E-state index contributed by atoms with van der Waals surface area (Å²) in [5.74, 6) is 0.141. The Hall–Kier alpha value is -1.94. The molecule has 1 unspecified atom stereocenters. The number of nitrogens with zero attached hydrogens (tertiary/aromatic N) is 2. The van der Waals surface area contributed by atoms with Crippen molar-refractivity contribution < 1.29 is 4.79 Å². The minimum atomic E-state index is -0.325. The first-order valence-electron chi connectivity index (χ1n) is 6.53. The van der Waals surface area contributed by atoms with Crippen molar-refractivity contribution in [3.63, 3.8) is 0 Å². The average molecular weight is 255 g/mol. The van der Waals surface area contributed by atoms with Crippen LogP contribution in [0.1, 0.15) is 17.5 Å². The van der Waals surface area contributed by atoms with E-state index in [1.54, 1.807) is 4.68 Å². The highest BCUT2D eigenvalue weighted by Gasteiger charge is 2.22. The molecule has 4 heteroatoms. The van der Waals surface area contributed by atoms with Gasteiger partial charge in [-0.15, -0.1) is 0 Å². The fourth-order valence-corrected chi connectivity index (χ4v) is 2.71. The second kappa shape index (κ2) is 4.63. The fraction of sp³-hybridized carbons (Fsp3) is 0.333. The summed E-state index contributed by atoms with van der Waals surface area (Å²) in [7, 11) is 1.91. The Balaban J connectivity index is 2.09. The molecular formula is C15H17N3O. The third-order valence-corrected chi connectivity index (χ3v) is 3.77. The van der Waals surface area contributed by atoms with Crippen molar-refractivity contribution in [1.82, 2.24) is 9.78 Å². The van der Waals surface area contributed by atoms with Crippen LogP contribution in [0.3, 0.4) is 0 Å². The van der Waals surface area contributed by atoms with E-state index in [0.717, 1.165) is 24.0 Å². The van der Waals surface area contributed by atoms with Gasteiger partial charge in [0.15, 0.2) is 5.78 Å². The molecule has 1 aliphatic rings. The van der Waals surface area contributed by atoms with Gasteiger partial charge in [0.1, 0.15) is 0 Å². The van der Waals surface area contributed by atoms with Crippen molar-refractivity contribution in [2.24, 2.45) is 12.8 Å². The number of nitrogens with two attached hydrogens (primary N) is 1. The Morgan fingerprint density at radius 3 is 3.00 bits per heavy atom. The van der Waals surface area contributed by atoms with E-state index in [1.165, 1.54) is 11.1 Å². The zero-order chi connectivity index (χ0) is 13.4. The molecule has 1 aliphatic carbocycles. The summed E-state index contributed by atoms with van der Waals surface area (Å²) in [6.45, 7) is 0. The summed E-state index contributed by atoms with van der Waals surface area (Å²) in [5.41, 5.74) is 10.5. The van der Waals surface area contributed by atoms with E-state index in [2.05, 4.69) is 11.2 Å². The van der Waals surface area contributed by atoms with Gasteiger partial charge in [0, 0.05) is 25.2 Å². The fourth-order valence-electron chi connectivity index (χ4n) is 2.71. The molecule has 3 rings (SSSR count). The number of hydrogen-bond donors (Lipinski definition) is 1. The van der Waals surface area contributed by atoms with Crippen LogP contribution in [0.15, 0.2) is 30.6 Å². The van der Waals surface area contributed by atoms with Gasteiger partial charge in [-0.1, -0.05) is 18.2 Å². The van der Waals surface area contributed by atoms with E-state index in [0.29, 0.717) is 6.42 Å². The quantitative estimate of drug-likeness (QED) is 0.785. The average Bonchev–Trinajstić information content (AvgIpc) is 2.76. The minimum Gasteiger partial charge on any atom is -0.321 e. The third-order valence-electron chi connectivity index (χ3n) is 3.77. The Kier molecular flexibility index (Phi) is 2.95. The van der Waals surface area contributed by atoms with Gasteiger partial charge in [0.05, 0.1) is 12.2 Å². The number of ketones is 1. The summed E-state index contributed by atoms with van der Waals surface area (Å²) in [6.07, 6.45) is 5.89. The summed E-state index contributed by atoms with van der Waals surface area (Å²) < 4.78 is 1.79. The number of carbonyl (C=O) groups is 1. The topological polar surface area (TPSA) is 60.9 Å². The van der Waals surface area contributed by atoms with Crippen LogP contribution < -0.4 is 5.73 Å². The molecule has 0 saturated heterocycles. The van der Waals surface area contributed by atoms with Gasteiger partial charge in [0.2, 0.25) is 0 Å². The second-order valence-corrected chi connectivity index (χ2v) is 5.13. The van der Waals surface area contributed by atoms with Crippen LogP contribution in [0.4, 0.5) is 0 Å². The number of aryl methyl sites for hydroxylation is 1. The predicted molar refractivity (Wildman–Crippen MR) is 73.7 cm³/mol. The highest BCUT2D eigenvalue weighted by Crippen LogP contribution is 2.29. The number of fused-ring (bicyclic) bond motifs is 1. The SMILES string of the molecule is Cn1cc(-c2cccc3c2CCC(N)C(=O)C3)cn1. The zero-order valence-electron chi connectivity index (χ0n) is 11.0. The highest BCUT2D eigenvalue weighted by atomic mass is 16.1. The first-order chi connectivity index (χ1) is 9.15. The number of carbonyl (C=O) groups excluding carboxylic acids is 1. The summed E-state index contributed by atoms with van der Waals surface area (Å²) in [5, 5.41) is 4.22. The highest BCUT2D eigenvalue weighted by molar-refractivity contribution is 5.87. The molecule has 0 saturated carbocycles. The van der Waals surface area contributed by atoms with Crippen LogP contribution >= 0.6 is 0 Å². The smallest absolute Gasteiger partial charge is 0.153 e. The molecule has 19 heavy (non-hydrogen) atoms. The standard InChI is InChI=1S/C15H17N3O/c1-18-9-11(8-17-18)12-4-2-3-10-7-15(19)14(16)6-5-13(10)12/h2-4,8-9,14H,5-7,16H2,1H3. The Bertz CT molecular complexity index is 630. The lowest BCUT2D eigenvalue weighted by Gasteiger charge is -2.10. The molecule has 0 spiro atoms. The molecule has 0 amide bonds. The molecule has 1 aromatic carbocycles. The van der Waals surface area contributed by atoms with Crippen LogP contribution in [0, 0.1) is 0 Å². The lowest BCUT2D eigenvalue weighted by atomic mass is 9.94. The first kappa shape index (κ1) is 12.1. The molecule has 2 aromatic rings. The van der Waals surface area contributed by atoms with Crippen LogP contribution in [0.2, 0.25) is 0 Å². The number of Topliss-reactive ketones (excluding diaryl/α,β-unsaturated/α-hetero) is 1. The normalized spacial score (nSPS) is 19.1. The van der Waals surface area contributed by atoms with Gasteiger partial charge < -0.3 is 5.73 Å². The lowest BCUT2D eigenvalue weighted by molar-refractivity contribution is -0.119. The number of rotatable bonds is 1. The molecule has 1 heterocycles. The maximum atomic E-state index is 11.9. The third kappa shape index (κ3) is 2.19. The largest absolute Gasteiger partial charge is 0.321 e. The summed E-state index contributed by atoms with van der Waals surface area (Å²) in [4.78, 5) is 11.9. The van der Waals surface area contributed by atoms with Gasteiger partial charge in [-0.05, 0) is 29.5 Å². The van der Waals surface area contributed by atoms with Gasteiger partial charge in [-0.2, -0.15) is 5.10 Å². The molecule has 0 fully saturated rings. The van der Waals surface area contributed by atoms with E-state index in [1.807, 2.05) is 31.6 Å². The number of hydrogen-bond acceptors (Lipinski definition) is 3. The predicted octanol–water partition coefficient (Wildman–Crippen LogP) is 1.47. The van der Waals surface area contributed by atoms with Crippen molar-refractivity contribution >= 4 is 5.78 Å². The minimum absolute atomic E-state index is 0.141. The Morgan fingerprint density at radius 1 is 1.42 bits per heavy atom. The van der Waals surface area contributed by atoms with Crippen molar-refractivity contribution in [1.29, 1.82) is 0 Å². The van der Waals surface area contributed by atoms with Gasteiger partial charge >= 0.3 is 0 Å². The van der Waals surface area contributed by atoms with E-state index < -0.39 is 0 Å². The lowest BCUT2D eigenvalue weighted by Crippen LogP contribution is -2.30. The maximum absolute atomic E-state index is 11.9. The van der Waals surface area contributed by atoms with Crippen LogP contribution in [0.5, 0.6) is 0 Å². The van der Waals surface area contributed by atoms with Crippen molar-refractivity contribution in [2.45, 2.75) is 25.3 Å². The van der Waals surface area contributed by atoms with E-state index in [-0.39, 0.29) is 11.8 Å².